The quantitative estimate of drug-likeness (QED) is 0.855. The average molecular weight is 366 g/mol. The molecular weight excluding hydrogens is 342 g/mol. The number of hydrogen-bond donors (Lipinski definition) is 2. The number of carbonyl (C=O) groups is 1. The van der Waals surface area contributed by atoms with Crippen molar-refractivity contribution in [1.29, 1.82) is 0 Å². The lowest BCUT2D eigenvalue weighted by molar-refractivity contribution is 0.0249. The van der Waals surface area contributed by atoms with E-state index >= 15 is 0 Å². The van der Waals surface area contributed by atoms with Crippen molar-refractivity contribution in [3.63, 3.8) is 0 Å². The van der Waals surface area contributed by atoms with Crippen molar-refractivity contribution in [2.75, 3.05) is 19.6 Å². The van der Waals surface area contributed by atoms with Crippen LogP contribution in [0, 0.1) is 6.92 Å². The molecule has 0 spiro atoms. The molecule has 2 N–H and O–H groups in total. The third-order valence-corrected chi connectivity index (χ3v) is 6.08. The number of aryl methyl sites for hydroxylation is 1. The molecule has 3 rings (SSSR count). The van der Waals surface area contributed by atoms with E-state index in [4.69, 9.17) is 0 Å². The Labute approximate surface area is 150 Å². The molecule has 1 aliphatic rings. The van der Waals surface area contributed by atoms with E-state index in [0.29, 0.717) is 24.3 Å². The Hall–Kier alpha value is -1.28. The van der Waals surface area contributed by atoms with Crippen LogP contribution < -0.4 is 5.32 Å². The fourth-order valence-corrected chi connectivity index (χ4v) is 4.26. The number of amides is 1. The largest absolute Gasteiger partial charge is 0.388 e. The van der Waals surface area contributed by atoms with Gasteiger partial charge in [-0.1, -0.05) is 6.07 Å². The van der Waals surface area contributed by atoms with Crippen molar-refractivity contribution in [3.8, 4) is 0 Å². The van der Waals surface area contributed by atoms with Gasteiger partial charge in [-0.2, -0.15) is 0 Å². The number of carbonyl (C=O) groups excluding carboxylic acids is 1. The van der Waals surface area contributed by atoms with Crippen LogP contribution in [0.3, 0.4) is 0 Å². The average Bonchev–Trinajstić information content (AvgIpc) is 3.19. The molecule has 24 heavy (non-hydrogen) atoms. The predicted molar refractivity (Wildman–Crippen MR) is 97.6 cm³/mol. The van der Waals surface area contributed by atoms with Gasteiger partial charge < -0.3 is 10.4 Å². The van der Waals surface area contributed by atoms with Gasteiger partial charge in [0, 0.05) is 25.0 Å². The molecule has 7 heteroatoms. The predicted octanol–water partition coefficient (Wildman–Crippen LogP) is 2.66. The zero-order valence-corrected chi connectivity index (χ0v) is 15.5. The van der Waals surface area contributed by atoms with E-state index in [1.807, 2.05) is 18.4 Å². The zero-order valence-electron chi connectivity index (χ0n) is 13.8. The molecule has 0 aliphatic carbocycles. The summed E-state index contributed by atoms with van der Waals surface area (Å²) in [6.45, 7) is 4.95. The highest BCUT2D eigenvalue weighted by Gasteiger charge is 2.30. The summed E-state index contributed by atoms with van der Waals surface area (Å²) in [5, 5.41) is 18.8. The van der Waals surface area contributed by atoms with Gasteiger partial charge in [0.15, 0.2) is 0 Å². The van der Waals surface area contributed by atoms with E-state index < -0.39 is 5.60 Å². The van der Waals surface area contributed by atoms with E-state index in [9.17, 15) is 9.90 Å². The molecule has 1 amide bonds. The van der Waals surface area contributed by atoms with Gasteiger partial charge >= 0.3 is 0 Å². The minimum Gasteiger partial charge on any atom is -0.388 e. The van der Waals surface area contributed by atoms with E-state index in [0.717, 1.165) is 36.8 Å². The topological polar surface area (TPSA) is 65.5 Å². The highest BCUT2D eigenvalue weighted by Crippen LogP contribution is 2.23. The molecule has 1 saturated heterocycles. The number of hydrogen-bond acceptors (Lipinski definition) is 6. The maximum atomic E-state index is 12.1. The molecule has 3 heterocycles. The normalized spacial score (nSPS) is 22.2. The Morgan fingerprint density at radius 1 is 1.42 bits per heavy atom. The fourth-order valence-electron chi connectivity index (χ4n) is 3.02. The second-order valence-corrected chi connectivity index (χ2v) is 8.38. The van der Waals surface area contributed by atoms with Crippen LogP contribution in [-0.4, -0.2) is 46.1 Å². The van der Waals surface area contributed by atoms with Crippen molar-refractivity contribution in [2.24, 2.45) is 0 Å². The molecule has 5 nitrogen and oxygen atoms in total. The van der Waals surface area contributed by atoms with Crippen molar-refractivity contribution in [2.45, 2.75) is 38.3 Å². The van der Waals surface area contributed by atoms with Crippen LogP contribution in [0.2, 0.25) is 0 Å². The Balaban J connectivity index is 1.51. The summed E-state index contributed by atoms with van der Waals surface area (Å²) < 4.78 is 0. The van der Waals surface area contributed by atoms with E-state index in [2.05, 4.69) is 20.6 Å². The Morgan fingerprint density at radius 2 is 2.29 bits per heavy atom. The van der Waals surface area contributed by atoms with E-state index in [-0.39, 0.29) is 5.91 Å². The van der Waals surface area contributed by atoms with Gasteiger partial charge in [0.2, 0.25) is 0 Å². The van der Waals surface area contributed by atoms with Crippen LogP contribution in [0.25, 0.3) is 0 Å². The first-order chi connectivity index (χ1) is 11.5. The Kier molecular flexibility index (Phi) is 5.65. The van der Waals surface area contributed by atoms with E-state index in [1.165, 1.54) is 11.3 Å². The van der Waals surface area contributed by atoms with Gasteiger partial charge in [0.05, 0.1) is 21.2 Å². The van der Waals surface area contributed by atoms with Crippen LogP contribution >= 0.6 is 22.7 Å². The zero-order chi connectivity index (χ0) is 17.0. The minimum absolute atomic E-state index is 0.0996. The van der Waals surface area contributed by atoms with Crippen molar-refractivity contribution >= 4 is 28.6 Å². The molecule has 1 atom stereocenters. The third kappa shape index (κ3) is 4.63. The Morgan fingerprint density at radius 3 is 3.00 bits per heavy atom. The molecule has 130 valence electrons. The maximum absolute atomic E-state index is 12.1. The summed E-state index contributed by atoms with van der Waals surface area (Å²) in [7, 11) is 0. The number of aromatic nitrogens is 1. The van der Waals surface area contributed by atoms with E-state index in [1.54, 1.807) is 17.4 Å². The number of nitrogens with zero attached hydrogens (tertiary/aromatic N) is 2. The number of aliphatic hydroxyl groups is 1. The molecule has 1 fully saturated rings. The summed E-state index contributed by atoms with van der Waals surface area (Å²) in [4.78, 5) is 19.6. The molecule has 2 aromatic rings. The van der Waals surface area contributed by atoms with Crippen LogP contribution in [0.15, 0.2) is 22.9 Å². The molecule has 1 unspecified atom stereocenters. The lowest BCUT2D eigenvalue weighted by atomic mass is 9.95. The standard InChI is InChI=1S/C17H23N3O2S2/c1-13-19-14(11-24-13)10-20-7-3-5-17(22,6-8-20)12-18-16(21)15-4-2-9-23-15/h2,4,9,11,22H,3,5-8,10,12H2,1H3,(H,18,21). The number of rotatable bonds is 5. The van der Waals surface area contributed by atoms with Crippen molar-refractivity contribution < 1.29 is 9.90 Å². The summed E-state index contributed by atoms with van der Waals surface area (Å²) in [6, 6.07) is 3.66. The molecule has 0 bridgehead atoms. The lowest BCUT2D eigenvalue weighted by Gasteiger charge is -2.27. The van der Waals surface area contributed by atoms with Gasteiger partial charge in [0.25, 0.3) is 5.91 Å². The van der Waals surface area contributed by atoms with Crippen LogP contribution in [0.1, 0.15) is 39.6 Å². The van der Waals surface area contributed by atoms with Crippen molar-refractivity contribution in [1.82, 2.24) is 15.2 Å². The van der Waals surface area contributed by atoms with Crippen molar-refractivity contribution in [3.05, 3.63) is 38.5 Å². The summed E-state index contributed by atoms with van der Waals surface area (Å²) >= 11 is 3.09. The maximum Gasteiger partial charge on any atom is 0.261 e. The van der Waals surface area contributed by atoms with Gasteiger partial charge in [0.1, 0.15) is 0 Å². The molecule has 1 aliphatic heterocycles. The summed E-state index contributed by atoms with van der Waals surface area (Å²) in [6.07, 6.45) is 2.31. The molecular formula is C17H23N3O2S2. The number of nitrogens with one attached hydrogen (secondary N) is 1. The minimum atomic E-state index is -0.820. The van der Waals surface area contributed by atoms with Gasteiger partial charge in [-0.3, -0.25) is 9.69 Å². The first-order valence-corrected chi connectivity index (χ1v) is 9.97. The number of likely N-dealkylation sites (tertiary alicyclic amines) is 1. The lowest BCUT2D eigenvalue weighted by Crippen LogP contribution is -2.43. The summed E-state index contributed by atoms with van der Waals surface area (Å²) in [5.41, 5.74) is 0.286. The first kappa shape index (κ1) is 17.5. The number of thiophene rings is 1. The second-order valence-electron chi connectivity index (χ2n) is 6.37. The summed E-state index contributed by atoms with van der Waals surface area (Å²) in [5.74, 6) is -0.0996. The molecule has 0 saturated carbocycles. The molecule has 2 aromatic heterocycles. The highest BCUT2D eigenvalue weighted by atomic mass is 32.1. The van der Waals surface area contributed by atoms with Gasteiger partial charge in [-0.05, 0) is 44.2 Å². The van der Waals surface area contributed by atoms with Crippen LogP contribution in [0.4, 0.5) is 0 Å². The van der Waals surface area contributed by atoms with Crippen LogP contribution in [-0.2, 0) is 6.54 Å². The molecule has 0 aromatic carbocycles. The number of thiazole rings is 1. The molecule has 0 radical (unpaired) electrons. The highest BCUT2D eigenvalue weighted by molar-refractivity contribution is 7.12. The van der Waals surface area contributed by atoms with Gasteiger partial charge in [-0.25, -0.2) is 4.98 Å². The van der Waals surface area contributed by atoms with Crippen LogP contribution in [0.5, 0.6) is 0 Å². The monoisotopic (exact) mass is 365 g/mol. The first-order valence-electron chi connectivity index (χ1n) is 8.22. The second kappa shape index (κ2) is 7.74. The SMILES string of the molecule is Cc1nc(CN2CCCC(O)(CNC(=O)c3cccs3)CC2)cs1. The van der Waals surface area contributed by atoms with Gasteiger partial charge in [-0.15, -0.1) is 22.7 Å². The fraction of sp³-hybridized carbons (Fsp3) is 0.529. The third-order valence-electron chi connectivity index (χ3n) is 4.39. The Bertz CT molecular complexity index is 671. The smallest absolute Gasteiger partial charge is 0.261 e.